The van der Waals surface area contributed by atoms with E-state index >= 15 is 0 Å². The summed E-state index contributed by atoms with van der Waals surface area (Å²) in [5, 5.41) is 3.76. The number of aromatic nitrogens is 1. The molecule has 0 fully saturated rings. The monoisotopic (exact) mass is 463 g/mol. The Morgan fingerprint density at radius 1 is 1.09 bits per heavy atom. The molecule has 8 heteroatoms. The predicted molar refractivity (Wildman–Crippen MR) is 129 cm³/mol. The van der Waals surface area contributed by atoms with Crippen LogP contribution in [0.4, 0.5) is 5.69 Å². The molecule has 1 aliphatic heterocycles. The van der Waals surface area contributed by atoms with E-state index in [9.17, 15) is 9.59 Å². The average molecular weight is 464 g/mol. The fraction of sp³-hybridized carbons (Fsp3) is 0.208. The number of carbonyl (C=O) groups excluding carboxylic acids is 2. The van der Waals surface area contributed by atoms with Crippen LogP contribution in [0, 0.1) is 0 Å². The number of hydrogen-bond acceptors (Lipinski definition) is 6. The van der Waals surface area contributed by atoms with Gasteiger partial charge in [-0.1, -0.05) is 31.2 Å². The molecule has 4 aromatic rings. The largest absolute Gasteiger partial charge is 0.477 e. The van der Waals surface area contributed by atoms with E-state index in [1.165, 1.54) is 11.3 Å². The first kappa shape index (κ1) is 20.7. The predicted octanol–water partition coefficient (Wildman–Crippen LogP) is 4.96. The second-order valence-electron chi connectivity index (χ2n) is 7.43. The lowest BCUT2D eigenvalue weighted by molar-refractivity contribution is -0.127. The summed E-state index contributed by atoms with van der Waals surface area (Å²) < 4.78 is 7.02. The number of thiophene rings is 1. The topological polar surface area (TPSA) is 71.5 Å². The molecule has 0 saturated carbocycles. The van der Waals surface area contributed by atoms with Gasteiger partial charge in [0.25, 0.3) is 11.8 Å². The van der Waals surface area contributed by atoms with E-state index in [4.69, 9.17) is 9.72 Å². The van der Waals surface area contributed by atoms with Crippen molar-refractivity contribution in [1.82, 2.24) is 10.3 Å². The Morgan fingerprint density at radius 2 is 1.91 bits per heavy atom. The van der Waals surface area contributed by atoms with E-state index in [1.54, 1.807) is 22.3 Å². The third-order valence-corrected chi connectivity index (χ3v) is 7.46. The number of ether oxygens (including phenoxy) is 1. The molecular weight excluding hydrogens is 442 g/mol. The standard InChI is InChI=1S/C24H21N3O3S2/c1-2-13-25-22(28)18-14-27(16-8-4-5-9-17(16)30-18)24(29)21-12-11-20(31-21)23-26-15-7-3-6-10-19(15)32-23/h3-12,18H,2,13-14H2,1H3,(H,25,28)/t18-/m1/s1. The Hall–Kier alpha value is -3.23. The minimum atomic E-state index is -0.746. The first-order valence-corrected chi connectivity index (χ1v) is 12.1. The Balaban J connectivity index is 1.43. The molecule has 0 radical (unpaired) electrons. The average Bonchev–Trinajstić information content (AvgIpc) is 3.48. The Bertz CT molecular complexity index is 1260. The molecule has 1 N–H and O–H groups in total. The van der Waals surface area contributed by atoms with E-state index in [-0.39, 0.29) is 18.4 Å². The van der Waals surface area contributed by atoms with Crippen LogP contribution < -0.4 is 15.0 Å². The summed E-state index contributed by atoms with van der Waals surface area (Å²) in [6, 6.07) is 19.1. The van der Waals surface area contributed by atoms with Gasteiger partial charge in [0, 0.05) is 6.54 Å². The van der Waals surface area contributed by atoms with Gasteiger partial charge in [0.05, 0.1) is 32.2 Å². The summed E-state index contributed by atoms with van der Waals surface area (Å²) in [6.07, 6.45) is 0.0885. The van der Waals surface area contributed by atoms with Crippen molar-refractivity contribution in [3.63, 3.8) is 0 Å². The van der Waals surface area contributed by atoms with Crippen molar-refractivity contribution in [2.24, 2.45) is 0 Å². The van der Waals surface area contributed by atoms with E-state index in [0.717, 1.165) is 26.5 Å². The zero-order chi connectivity index (χ0) is 22.1. The number of rotatable bonds is 5. The first-order chi connectivity index (χ1) is 15.6. The lowest BCUT2D eigenvalue weighted by Gasteiger charge is -2.34. The lowest BCUT2D eigenvalue weighted by Crippen LogP contribution is -2.50. The van der Waals surface area contributed by atoms with Gasteiger partial charge in [-0.2, -0.15) is 0 Å². The highest BCUT2D eigenvalue weighted by atomic mass is 32.1. The van der Waals surface area contributed by atoms with Crippen LogP contribution in [0.1, 0.15) is 23.0 Å². The summed E-state index contributed by atoms with van der Waals surface area (Å²) in [4.78, 5) is 34.0. The molecule has 0 aliphatic carbocycles. The number of hydrogen-bond donors (Lipinski definition) is 1. The molecule has 32 heavy (non-hydrogen) atoms. The van der Waals surface area contributed by atoms with E-state index < -0.39 is 6.10 Å². The van der Waals surface area contributed by atoms with Crippen LogP contribution in [0.3, 0.4) is 0 Å². The molecule has 0 saturated heterocycles. The van der Waals surface area contributed by atoms with E-state index in [2.05, 4.69) is 5.32 Å². The van der Waals surface area contributed by atoms with Crippen molar-refractivity contribution >= 4 is 50.4 Å². The van der Waals surface area contributed by atoms with Gasteiger partial charge in [0.2, 0.25) is 0 Å². The SMILES string of the molecule is CCCNC(=O)[C@H]1CN(C(=O)c2ccc(-c3nc4ccccc4s3)s2)c2ccccc2O1. The maximum Gasteiger partial charge on any atom is 0.268 e. The molecule has 2 aromatic carbocycles. The van der Waals surface area contributed by atoms with E-state index in [0.29, 0.717) is 22.9 Å². The van der Waals surface area contributed by atoms with Gasteiger partial charge < -0.3 is 10.1 Å². The molecule has 0 bridgehead atoms. The maximum atomic E-state index is 13.5. The highest BCUT2D eigenvalue weighted by Gasteiger charge is 2.34. The Labute approximate surface area is 193 Å². The highest BCUT2D eigenvalue weighted by molar-refractivity contribution is 7.26. The Kier molecular flexibility index (Phi) is 5.63. The van der Waals surface area contributed by atoms with Crippen LogP contribution in [0.15, 0.2) is 60.7 Å². The second kappa shape index (κ2) is 8.72. The first-order valence-electron chi connectivity index (χ1n) is 10.4. The number of para-hydroxylation sites is 3. The summed E-state index contributed by atoms with van der Waals surface area (Å²) in [7, 11) is 0. The van der Waals surface area contributed by atoms with Gasteiger partial charge in [-0.3, -0.25) is 14.5 Å². The minimum absolute atomic E-state index is 0.147. The van der Waals surface area contributed by atoms with Gasteiger partial charge in [-0.05, 0) is 42.8 Å². The molecule has 1 atom stereocenters. The van der Waals surface area contributed by atoms with Crippen molar-refractivity contribution in [2.75, 3.05) is 18.0 Å². The van der Waals surface area contributed by atoms with Gasteiger partial charge in [0.15, 0.2) is 6.10 Å². The summed E-state index contributed by atoms with van der Waals surface area (Å²) in [5.41, 5.74) is 1.63. The molecule has 162 valence electrons. The van der Waals surface area contributed by atoms with Crippen molar-refractivity contribution in [1.29, 1.82) is 0 Å². The number of anilines is 1. The van der Waals surface area contributed by atoms with Gasteiger partial charge in [0.1, 0.15) is 10.8 Å². The molecule has 5 rings (SSSR count). The number of nitrogens with zero attached hydrogens (tertiary/aromatic N) is 2. The fourth-order valence-electron chi connectivity index (χ4n) is 3.60. The van der Waals surface area contributed by atoms with Crippen LogP contribution in [-0.2, 0) is 4.79 Å². The zero-order valence-corrected chi connectivity index (χ0v) is 19.0. The van der Waals surface area contributed by atoms with Crippen molar-refractivity contribution in [3.05, 3.63) is 65.5 Å². The molecule has 2 amide bonds. The lowest BCUT2D eigenvalue weighted by atomic mass is 10.1. The highest BCUT2D eigenvalue weighted by Crippen LogP contribution is 2.38. The molecule has 6 nitrogen and oxygen atoms in total. The van der Waals surface area contributed by atoms with Gasteiger partial charge >= 0.3 is 0 Å². The van der Waals surface area contributed by atoms with Crippen LogP contribution in [0.5, 0.6) is 5.75 Å². The van der Waals surface area contributed by atoms with Crippen molar-refractivity contribution < 1.29 is 14.3 Å². The quantitative estimate of drug-likeness (QED) is 0.454. The summed E-state index contributed by atoms with van der Waals surface area (Å²) in [5.74, 6) is 0.179. The number of carbonyl (C=O) groups is 2. The number of benzene rings is 2. The minimum Gasteiger partial charge on any atom is -0.477 e. The number of fused-ring (bicyclic) bond motifs is 2. The van der Waals surface area contributed by atoms with Crippen LogP contribution in [-0.4, -0.2) is 36.0 Å². The smallest absolute Gasteiger partial charge is 0.268 e. The molecule has 0 spiro atoms. The van der Waals surface area contributed by atoms with E-state index in [1.807, 2.05) is 61.5 Å². The van der Waals surface area contributed by atoms with Crippen LogP contribution in [0.2, 0.25) is 0 Å². The molecular formula is C24H21N3O3S2. The van der Waals surface area contributed by atoms with Crippen molar-refractivity contribution in [3.8, 4) is 15.6 Å². The third-order valence-electron chi connectivity index (χ3n) is 5.18. The van der Waals surface area contributed by atoms with Gasteiger partial charge in [-0.15, -0.1) is 22.7 Å². The van der Waals surface area contributed by atoms with Crippen LogP contribution in [0.25, 0.3) is 20.1 Å². The zero-order valence-electron chi connectivity index (χ0n) is 17.4. The number of amides is 2. The summed E-state index contributed by atoms with van der Waals surface area (Å²) >= 11 is 3.03. The third kappa shape index (κ3) is 3.87. The molecule has 3 heterocycles. The summed E-state index contributed by atoms with van der Waals surface area (Å²) in [6.45, 7) is 2.73. The second-order valence-corrected chi connectivity index (χ2v) is 9.55. The molecule has 2 aromatic heterocycles. The van der Waals surface area contributed by atoms with Crippen LogP contribution >= 0.6 is 22.7 Å². The van der Waals surface area contributed by atoms with Gasteiger partial charge in [-0.25, -0.2) is 4.98 Å². The number of thiazole rings is 1. The molecule has 1 aliphatic rings. The number of nitrogens with one attached hydrogen (secondary N) is 1. The maximum absolute atomic E-state index is 13.5. The fourth-order valence-corrected chi connectivity index (χ4v) is 5.58. The molecule has 0 unspecified atom stereocenters. The Morgan fingerprint density at radius 3 is 2.75 bits per heavy atom. The van der Waals surface area contributed by atoms with Crippen molar-refractivity contribution in [2.45, 2.75) is 19.4 Å². The normalized spacial score (nSPS) is 15.3.